The summed E-state index contributed by atoms with van der Waals surface area (Å²) in [5.74, 6) is 0.341. The van der Waals surface area contributed by atoms with E-state index in [1.807, 2.05) is 93.6 Å². The molecule has 0 heterocycles. The van der Waals surface area contributed by atoms with Crippen LogP contribution in [0.1, 0.15) is 82.1 Å². The molecule has 0 atom stereocenters. The minimum Gasteiger partial charge on any atom is -0.357 e. The molecule has 0 aliphatic heterocycles. The molecule has 0 aliphatic carbocycles. The van der Waals surface area contributed by atoms with Gasteiger partial charge in [0.05, 0.1) is 6.42 Å². The standard InChI is InChI=1S/C6H11NO2.2C6H6.C4H9NO.C4H8O.2C3H6O/c1-3-7-6(9)4-5(2)8;2*1-2-4-6-5-3-1;1-3-5-4(2)6;1-3-4(2)5;2*1-3(2)4/h3-4H2,1-2H3,(H,7,9);2*1-6H;3H2,1-2H3,(H,5,6);3H2,1-2H3;2*1-2H3. The predicted molar refractivity (Wildman–Crippen MR) is 165 cm³/mol. The summed E-state index contributed by atoms with van der Waals surface area (Å²) in [6, 6.07) is 24.0. The summed E-state index contributed by atoms with van der Waals surface area (Å²) in [5, 5.41) is 5.09. The summed E-state index contributed by atoms with van der Waals surface area (Å²) in [7, 11) is 0. The third-order valence-electron chi connectivity index (χ3n) is 3.04. The van der Waals surface area contributed by atoms with E-state index in [0.717, 1.165) is 6.54 Å². The first kappa shape index (κ1) is 45.9. The Hall–Kier alpha value is -3.94. The van der Waals surface area contributed by atoms with Crippen LogP contribution in [0.5, 0.6) is 0 Å². The highest BCUT2D eigenvalue weighted by atomic mass is 16.2. The molecule has 40 heavy (non-hydrogen) atoms. The molecule has 0 aromatic heterocycles. The molecule has 2 rings (SSSR count). The zero-order valence-electron chi connectivity index (χ0n) is 26.2. The van der Waals surface area contributed by atoms with Gasteiger partial charge in [-0.05, 0) is 55.4 Å². The number of ketones is 4. The van der Waals surface area contributed by atoms with Gasteiger partial charge in [0.25, 0.3) is 0 Å². The van der Waals surface area contributed by atoms with Crippen LogP contribution in [0.2, 0.25) is 0 Å². The first-order valence-electron chi connectivity index (χ1n) is 13.1. The molecule has 0 aliphatic rings. The number of carbonyl (C=O) groups excluding carboxylic acids is 6. The minimum atomic E-state index is -0.190. The van der Waals surface area contributed by atoms with Crippen molar-refractivity contribution in [2.75, 3.05) is 13.1 Å². The van der Waals surface area contributed by atoms with Gasteiger partial charge in [0.2, 0.25) is 11.8 Å². The number of rotatable bonds is 5. The molecule has 8 heteroatoms. The number of nitrogens with one attached hydrogen (secondary N) is 2. The van der Waals surface area contributed by atoms with Gasteiger partial charge in [-0.15, -0.1) is 0 Å². The summed E-state index contributed by atoms with van der Waals surface area (Å²) >= 11 is 0. The number of hydrogen-bond acceptors (Lipinski definition) is 6. The van der Waals surface area contributed by atoms with E-state index >= 15 is 0 Å². The average molecular weight is 561 g/mol. The lowest BCUT2D eigenvalue weighted by Gasteiger charge is -1.96. The quantitative estimate of drug-likeness (QED) is 0.446. The topological polar surface area (TPSA) is 126 Å². The van der Waals surface area contributed by atoms with E-state index < -0.39 is 0 Å². The fourth-order valence-electron chi connectivity index (χ4n) is 1.50. The third-order valence-corrected chi connectivity index (χ3v) is 3.04. The Morgan fingerprint density at radius 1 is 0.450 bits per heavy atom. The van der Waals surface area contributed by atoms with Gasteiger partial charge in [-0.3, -0.25) is 14.4 Å². The highest BCUT2D eigenvalue weighted by Gasteiger charge is 2.00. The Morgan fingerprint density at radius 3 is 0.775 bits per heavy atom. The van der Waals surface area contributed by atoms with Gasteiger partial charge in [0.1, 0.15) is 23.1 Å². The van der Waals surface area contributed by atoms with Crippen LogP contribution in [0.15, 0.2) is 72.8 Å². The van der Waals surface area contributed by atoms with Gasteiger partial charge in [-0.1, -0.05) is 79.7 Å². The molecule has 0 fully saturated rings. The maximum atomic E-state index is 10.5. The Bertz CT molecular complexity index is 765. The van der Waals surface area contributed by atoms with E-state index in [4.69, 9.17) is 0 Å². The Balaban J connectivity index is -0.000000121. The largest absolute Gasteiger partial charge is 0.357 e. The second kappa shape index (κ2) is 39.6. The number of carbonyl (C=O) groups is 6. The highest BCUT2D eigenvalue weighted by molar-refractivity contribution is 5.96. The third kappa shape index (κ3) is 92.5. The summed E-state index contributed by atoms with van der Waals surface area (Å²) in [4.78, 5) is 59.4. The molecule has 2 aromatic rings. The fraction of sp³-hybridized carbons (Fsp3) is 0.438. The molecule has 8 nitrogen and oxygen atoms in total. The van der Waals surface area contributed by atoms with Crippen LogP contribution in [0.25, 0.3) is 0 Å². The predicted octanol–water partition coefficient (Wildman–Crippen LogP) is 5.79. The lowest BCUT2D eigenvalue weighted by molar-refractivity contribution is -0.127. The molecule has 226 valence electrons. The van der Waals surface area contributed by atoms with Gasteiger partial charge in [0.15, 0.2) is 0 Å². The average Bonchev–Trinajstić information content (AvgIpc) is 2.86. The molecular weight excluding hydrogens is 508 g/mol. The summed E-state index contributed by atoms with van der Waals surface area (Å²) < 4.78 is 0. The second-order valence-electron chi connectivity index (χ2n) is 8.10. The molecule has 2 amide bonds. The van der Waals surface area contributed by atoms with E-state index in [1.54, 1.807) is 6.92 Å². The van der Waals surface area contributed by atoms with Crippen LogP contribution in [0.3, 0.4) is 0 Å². The molecule has 0 spiro atoms. The minimum absolute atomic E-state index is 0.00778. The maximum absolute atomic E-state index is 10.5. The molecule has 0 saturated heterocycles. The van der Waals surface area contributed by atoms with Crippen molar-refractivity contribution in [2.24, 2.45) is 0 Å². The van der Waals surface area contributed by atoms with Crippen LogP contribution in [0.4, 0.5) is 0 Å². The zero-order valence-corrected chi connectivity index (χ0v) is 26.2. The highest BCUT2D eigenvalue weighted by Crippen LogP contribution is 1.81. The molecule has 2 N–H and O–H groups in total. The van der Waals surface area contributed by atoms with Crippen molar-refractivity contribution in [1.29, 1.82) is 0 Å². The van der Waals surface area contributed by atoms with Crippen LogP contribution in [-0.2, 0) is 28.8 Å². The molecule has 0 bridgehead atoms. The summed E-state index contributed by atoms with van der Waals surface area (Å²) in [6.45, 7) is 17.5. The van der Waals surface area contributed by atoms with Crippen molar-refractivity contribution in [3.8, 4) is 0 Å². The summed E-state index contributed by atoms with van der Waals surface area (Å²) in [6.07, 6.45) is 0.674. The van der Waals surface area contributed by atoms with Gasteiger partial charge in [0, 0.05) is 26.4 Å². The Labute approximate surface area is 242 Å². The Kier molecular flexibility index (Phi) is 45.5. The molecule has 0 unspecified atom stereocenters. The number of amides is 2. The lowest BCUT2D eigenvalue weighted by Crippen LogP contribution is -2.24. The van der Waals surface area contributed by atoms with Gasteiger partial charge in [-0.2, -0.15) is 0 Å². The van der Waals surface area contributed by atoms with Crippen LogP contribution in [0, 0.1) is 0 Å². The maximum Gasteiger partial charge on any atom is 0.227 e. The molecule has 2 aromatic carbocycles. The zero-order chi connectivity index (χ0) is 32.2. The number of benzene rings is 2. The van der Waals surface area contributed by atoms with E-state index in [1.165, 1.54) is 41.5 Å². The van der Waals surface area contributed by atoms with Crippen LogP contribution < -0.4 is 10.6 Å². The van der Waals surface area contributed by atoms with Gasteiger partial charge >= 0.3 is 0 Å². The Morgan fingerprint density at radius 2 is 0.675 bits per heavy atom. The van der Waals surface area contributed by atoms with Crippen LogP contribution in [-0.4, -0.2) is 48.0 Å². The normalized spacial score (nSPS) is 7.75. The fourth-order valence-corrected chi connectivity index (χ4v) is 1.50. The molecular formula is C32H52N2O6. The monoisotopic (exact) mass is 560 g/mol. The molecule has 0 radical (unpaired) electrons. The van der Waals surface area contributed by atoms with Crippen molar-refractivity contribution in [2.45, 2.75) is 82.1 Å². The number of hydrogen-bond donors (Lipinski definition) is 2. The van der Waals surface area contributed by atoms with E-state index in [-0.39, 0.29) is 41.4 Å². The van der Waals surface area contributed by atoms with Crippen molar-refractivity contribution < 1.29 is 28.8 Å². The van der Waals surface area contributed by atoms with Crippen molar-refractivity contribution in [3.63, 3.8) is 0 Å². The van der Waals surface area contributed by atoms with Crippen molar-refractivity contribution >= 4 is 34.9 Å². The van der Waals surface area contributed by atoms with Crippen LogP contribution >= 0.6 is 0 Å². The number of Topliss-reactive ketones (excluding diaryl/α,β-unsaturated/α-hetero) is 4. The first-order valence-corrected chi connectivity index (χ1v) is 13.1. The second-order valence-corrected chi connectivity index (χ2v) is 8.10. The van der Waals surface area contributed by atoms with Crippen molar-refractivity contribution in [3.05, 3.63) is 72.8 Å². The molecule has 0 saturated carbocycles. The van der Waals surface area contributed by atoms with Gasteiger partial charge in [-0.25, -0.2) is 0 Å². The first-order chi connectivity index (χ1) is 18.7. The SMILES string of the molecule is CC(C)=O.CC(C)=O.CCC(C)=O.CCNC(=O)CC(C)=O.CCNC(C)=O.c1ccccc1.c1ccccc1. The van der Waals surface area contributed by atoms with E-state index in [0.29, 0.717) is 13.0 Å². The summed E-state index contributed by atoms with van der Waals surface area (Å²) in [5.41, 5.74) is 0. The lowest BCUT2D eigenvalue weighted by atomic mass is 10.3. The van der Waals surface area contributed by atoms with E-state index in [9.17, 15) is 28.8 Å². The smallest absolute Gasteiger partial charge is 0.227 e. The van der Waals surface area contributed by atoms with Crippen molar-refractivity contribution in [1.82, 2.24) is 10.6 Å². The van der Waals surface area contributed by atoms with Gasteiger partial charge < -0.3 is 25.0 Å². The van der Waals surface area contributed by atoms with E-state index in [2.05, 4.69) is 10.6 Å².